The minimum absolute atomic E-state index is 0.263. The third-order valence-electron chi connectivity index (χ3n) is 5.28. The molecule has 0 rings (SSSR count). The Morgan fingerprint density at radius 1 is 0.789 bits per heavy atom. The van der Waals surface area contributed by atoms with E-state index in [0.717, 1.165) is 5.92 Å². The molecule has 0 bridgehead atoms. The van der Waals surface area contributed by atoms with Gasteiger partial charge in [0, 0.05) is 17.6 Å². The first-order valence-electron chi connectivity index (χ1n) is 8.28. The molecule has 0 aliphatic rings. The fraction of sp³-hybridized carbons (Fsp3) is 1.00. The normalized spacial score (nSPS) is 17.1. The predicted octanol–water partition coefficient (Wildman–Crippen LogP) is 5.74. The molecule has 0 saturated carbocycles. The number of rotatable bonds is 8. The first kappa shape index (κ1) is 19.0. The highest BCUT2D eigenvalue weighted by Gasteiger charge is 2.38. The van der Waals surface area contributed by atoms with Gasteiger partial charge in [0.25, 0.3) is 0 Å². The first-order chi connectivity index (χ1) is 8.49. The number of nitrogens with zero attached hydrogens (tertiary/aromatic N) is 1. The van der Waals surface area contributed by atoms with E-state index < -0.39 is 0 Å². The molecule has 0 N–H and O–H groups in total. The molecule has 0 aliphatic carbocycles. The molecular formula is C18H39N. The van der Waals surface area contributed by atoms with Crippen LogP contribution in [-0.2, 0) is 0 Å². The smallest absolute Gasteiger partial charge is 0.0164 e. The Morgan fingerprint density at radius 3 is 1.42 bits per heavy atom. The van der Waals surface area contributed by atoms with Gasteiger partial charge in [0.2, 0.25) is 0 Å². The third kappa shape index (κ3) is 5.10. The molecular weight excluding hydrogens is 230 g/mol. The van der Waals surface area contributed by atoms with E-state index in [1.165, 1.54) is 19.3 Å². The molecule has 0 spiro atoms. The van der Waals surface area contributed by atoms with E-state index in [2.05, 4.69) is 74.1 Å². The van der Waals surface area contributed by atoms with Gasteiger partial charge in [-0.25, -0.2) is 0 Å². The molecule has 1 nitrogen and oxygen atoms in total. The van der Waals surface area contributed by atoms with Crippen molar-refractivity contribution in [1.29, 1.82) is 0 Å². The molecule has 0 aliphatic heterocycles. The zero-order valence-electron chi connectivity index (χ0n) is 15.3. The van der Waals surface area contributed by atoms with Gasteiger partial charge in [-0.15, -0.1) is 0 Å². The van der Waals surface area contributed by atoms with Crippen molar-refractivity contribution in [2.75, 3.05) is 0 Å². The van der Waals surface area contributed by atoms with Gasteiger partial charge in [0.05, 0.1) is 0 Å². The number of hydrogen-bond donors (Lipinski definition) is 0. The van der Waals surface area contributed by atoms with Gasteiger partial charge in [-0.1, -0.05) is 41.5 Å². The van der Waals surface area contributed by atoms with Crippen molar-refractivity contribution in [1.82, 2.24) is 4.90 Å². The Kier molecular flexibility index (Phi) is 7.09. The Bertz CT molecular complexity index is 242. The van der Waals surface area contributed by atoms with E-state index in [1.54, 1.807) is 0 Å². The molecule has 0 fully saturated rings. The lowest BCUT2D eigenvalue weighted by atomic mass is 9.71. The molecule has 0 saturated heterocycles. The SMILES string of the molecule is CCC(C)N(C(C)CC)C(C)(C)CC(C)(C)C(C)C. The average Bonchev–Trinajstić information content (AvgIpc) is 2.26. The van der Waals surface area contributed by atoms with E-state index in [4.69, 9.17) is 0 Å². The molecule has 0 aromatic carbocycles. The van der Waals surface area contributed by atoms with Crippen LogP contribution in [0.4, 0.5) is 0 Å². The van der Waals surface area contributed by atoms with E-state index in [9.17, 15) is 0 Å². The summed E-state index contributed by atoms with van der Waals surface area (Å²) in [6.45, 7) is 23.8. The molecule has 0 heterocycles. The van der Waals surface area contributed by atoms with E-state index in [0.29, 0.717) is 17.5 Å². The highest BCUT2D eigenvalue weighted by Crippen LogP contribution is 2.39. The van der Waals surface area contributed by atoms with Crippen LogP contribution >= 0.6 is 0 Å². The maximum atomic E-state index is 2.76. The summed E-state index contributed by atoms with van der Waals surface area (Å²) in [6, 6.07) is 1.32. The minimum Gasteiger partial charge on any atom is -0.293 e. The predicted molar refractivity (Wildman–Crippen MR) is 88.7 cm³/mol. The van der Waals surface area contributed by atoms with Crippen LogP contribution in [0, 0.1) is 11.3 Å². The van der Waals surface area contributed by atoms with Gasteiger partial charge in [-0.2, -0.15) is 0 Å². The van der Waals surface area contributed by atoms with Gasteiger partial charge in [0.15, 0.2) is 0 Å². The Balaban J connectivity index is 5.19. The quantitative estimate of drug-likeness (QED) is 0.543. The zero-order valence-corrected chi connectivity index (χ0v) is 15.3. The second kappa shape index (κ2) is 7.11. The molecule has 2 unspecified atom stereocenters. The second-order valence-corrected chi connectivity index (χ2v) is 8.05. The Morgan fingerprint density at radius 2 is 1.16 bits per heavy atom. The molecule has 116 valence electrons. The highest BCUT2D eigenvalue weighted by atomic mass is 15.2. The average molecular weight is 270 g/mol. The molecule has 2 atom stereocenters. The van der Waals surface area contributed by atoms with E-state index >= 15 is 0 Å². The fourth-order valence-corrected chi connectivity index (χ4v) is 3.43. The van der Waals surface area contributed by atoms with E-state index in [-0.39, 0.29) is 5.54 Å². The van der Waals surface area contributed by atoms with Crippen molar-refractivity contribution in [3.05, 3.63) is 0 Å². The first-order valence-corrected chi connectivity index (χ1v) is 8.28. The van der Waals surface area contributed by atoms with Crippen LogP contribution in [0.1, 0.15) is 88.5 Å². The van der Waals surface area contributed by atoms with Crippen molar-refractivity contribution in [3.63, 3.8) is 0 Å². The second-order valence-electron chi connectivity index (χ2n) is 8.05. The van der Waals surface area contributed by atoms with Gasteiger partial charge < -0.3 is 0 Å². The summed E-state index contributed by atoms with van der Waals surface area (Å²) in [5, 5.41) is 0. The minimum atomic E-state index is 0.263. The van der Waals surface area contributed by atoms with Gasteiger partial charge >= 0.3 is 0 Å². The van der Waals surface area contributed by atoms with Gasteiger partial charge in [-0.05, 0) is 58.3 Å². The molecule has 0 aromatic rings. The van der Waals surface area contributed by atoms with Crippen LogP contribution in [0.25, 0.3) is 0 Å². The van der Waals surface area contributed by atoms with Crippen molar-refractivity contribution in [2.45, 2.75) is 106 Å². The van der Waals surface area contributed by atoms with Crippen LogP contribution in [0.15, 0.2) is 0 Å². The van der Waals surface area contributed by atoms with Crippen LogP contribution in [-0.4, -0.2) is 22.5 Å². The fourth-order valence-electron chi connectivity index (χ4n) is 3.43. The van der Waals surface area contributed by atoms with Gasteiger partial charge in [0.1, 0.15) is 0 Å². The maximum Gasteiger partial charge on any atom is 0.0164 e. The summed E-state index contributed by atoms with van der Waals surface area (Å²) in [5.41, 5.74) is 0.654. The van der Waals surface area contributed by atoms with Crippen LogP contribution in [0.5, 0.6) is 0 Å². The summed E-state index contributed by atoms with van der Waals surface area (Å²) < 4.78 is 0. The van der Waals surface area contributed by atoms with Crippen molar-refractivity contribution in [2.24, 2.45) is 11.3 Å². The standard InChI is InChI=1S/C18H39N/c1-11-15(5)19(16(6)12-2)18(9,10)13-17(7,8)14(3)4/h14-16H,11-13H2,1-10H3. The van der Waals surface area contributed by atoms with Crippen LogP contribution in [0.3, 0.4) is 0 Å². The largest absolute Gasteiger partial charge is 0.293 e. The maximum absolute atomic E-state index is 2.76. The Labute approximate surface area is 123 Å². The summed E-state index contributed by atoms with van der Waals surface area (Å²) in [6.07, 6.45) is 3.72. The molecule has 0 radical (unpaired) electrons. The monoisotopic (exact) mass is 269 g/mol. The lowest BCUT2D eigenvalue weighted by molar-refractivity contribution is -0.00504. The summed E-state index contributed by atoms with van der Waals surface area (Å²) in [5.74, 6) is 0.725. The summed E-state index contributed by atoms with van der Waals surface area (Å²) >= 11 is 0. The van der Waals surface area contributed by atoms with Crippen molar-refractivity contribution >= 4 is 0 Å². The number of hydrogen-bond acceptors (Lipinski definition) is 1. The van der Waals surface area contributed by atoms with Crippen LogP contribution < -0.4 is 0 Å². The zero-order chi connectivity index (χ0) is 15.4. The van der Waals surface area contributed by atoms with Crippen LogP contribution in [0.2, 0.25) is 0 Å². The van der Waals surface area contributed by atoms with Crippen molar-refractivity contribution in [3.8, 4) is 0 Å². The van der Waals surface area contributed by atoms with Crippen molar-refractivity contribution < 1.29 is 0 Å². The summed E-state index contributed by atoms with van der Waals surface area (Å²) in [4.78, 5) is 2.76. The lowest BCUT2D eigenvalue weighted by Gasteiger charge is -2.50. The highest BCUT2D eigenvalue weighted by molar-refractivity contribution is 4.93. The molecule has 0 aromatic heterocycles. The van der Waals surface area contributed by atoms with E-state index in [1.807, 2.05) is 0 Å². The molecule has 0 amide bonds. The van der Waals surface area contributed by atoms with Gasteiger partial charge in [-0.3, -0.25) is 4.90 Å². The Hall–Kier alpha value is -0.0400. The summed E-state index contributed by atoms with van der Waals surface area (Å²) in [7, 11) is 0. The lowest BCUT2D eigenvalue weighted by Crippen LogP contribution is -2.55. The molecule has 19 heavy (non-hydrogen) atoms. The topological polar surface area (TPSA) is 3.24 Å². The third-order valence-corrected chi connectivity index (χ3v) is 5.28. The molecule has 1 heteroatoms.